The fourth-order valence-electron chi connectivity index (χ4n) is 3.36. The second kappa shape index (κ2) is 7.67. The van der Waals surface area contributed by atoms with E-state index < -0.39 is 0 Å². The lowest BCUT2D eigenvalue weighted by Gasteiger charge is -2.21. The topological polar surface area (TPSA) is 45.5 Å². The molecule has 0 unspecified atom stereocenters. The highest BCUT2D eigenvalue weighted by atomic mass is 16.3. The molecule has 128 valence electrons. The van der Waals surface area contributed by atoms with Crippen molar-refractivity contribution in [2.24, 2.45) is 0 Å². The Morgan fingerprint density at radius 1 is 1.25 bits per heavy atom. The van der Waals surface area contributed by atoms with E-state index in [0.717, 1.165) is 12.2 Å². The summed E-state index contributed by atoms with van der Waals surface area (Å²) in [6.07, 6.45) is 6.57. The van der Waals surface area contributed by atoms with E-state index in [1.165, 1.54) is 36.0 Å². The first-order chi connectivity index (χ1) is 11.6. The van der Waals surface area contributed by atoms with E-state index >= 15 is 0 Å². The molecule has 0 spiro atoms. The molecule has 1 aromatic carbocycles. The first kappa shape index (κ1) is 16.8. The van der Waals surface area contributed by atoms with Gasteiger partial charge in [-0.15, -0.1) is 0 Å². The van der Waals surface area contributed by atoms with Crippen molar-refractivity contribution in [3.05, 3.63) is 59.0 Å². The van der Waals surface area contributed by atoms with Crippen LogP contribution in [0.4, 0.5) is 0 Å². The number of carbonyl (C=O) groups excluding carboxylic acids is 1. The van der Waals surface area contributed by atoms with Crippen molar-refractivity contribution in [1.82, 2.24) is 10.2 Å². The molecule has 4 nitrogen and oxygen atoms in total. The number of hydrogen-bond donors (Lipinski definition) is 1. The van der Waals surface area contributed by atoms with E-state index in [1.807, 2.05) is 24.1 Å². The molecule has 2 aromatic rings. The van der Waals surface area contributed by atoms with Gasteiger partial charge in [0.1, 0.15) is 5.76 Å². The van der Waals surface area contributed by atoms with E-state index in [9.17, 15) is 4.79 Å². The highest BCUT2D eigenvalue weighted by molar-refractivity contribution is 5.78. The van der Waals surface area contributed by atoms with Crippen LogP contribution in [0.5, 0.6) is 0 Å². The van der Waals surface area contributed by atoms with Gasteiger partial charge in [-0.1, -0.05) is 18.2 Å². The van der Waals surface area contributed by atoms with Crippen LogP contribution < -0.4 is 5.32 Å². The summed E-state index contributed by atoms with van der Waals surface area (Å²) in [6.45, 7) is 3.04. The molecular formula is C20H26N2O2. The normalized spacial score (nSPS) is 15.1. The SMILES string of the molecule is C[C@H](NC(=O)CN(C)Cc1ccco1)c1ccc2c(c1)CCCC2. The number of rotatable bonds is 6. The zero-order chi connectivity index (χ0) is 16.9. The largest absolute Gasteiger partial charge is 0.468 e. The van der Waals surface area contributed by atoms with Crippen molar-refractivity contribution in [2.45, 2.75) is 45.2 Å². The second-order valence-electron chi connectivity index (χ2n) is 6.78. The number of carbonyl (C=O) groups is 1. The summed E-state index contributed by atoms with van der Waals surface area (Å²) in [4.78, 5) is 14.2. The Morgan fingerprint density at radius 3 is 2.79 bits per heavy atom. The predicted octanol–water partition coefficient (Wildman–Crippen LogP) is 3.47. The summed E-state index contributed by atoms with van der Waals surface area (Å²) < 4.78 is 5.32. The first-order valence-corrected chi connectivity index (χ1v) is 8.74. The third-order valence-electron chi connectivity index (χ3n) is 4.67. The molecule has 0 radical (unpaired) electrons. The van der Waals surface area contributed by atoms with Crippen LogP contribution in [0.3, 0.4) is 0 Å². The molecule has 0 saturated carbocycles. The van der Waals surface area contributed by atoms with Crippen LogP contribution in [0.15, 0.2) is 41.0 Å². The molecule has 1 aliphatic rings. The zero-order valence-corrected chi connectivity index (χ0v) is 14.5. The molecule has 1 atom stereocenters. The Kier molecular flexibility index (Phi) is 5.36. The predicted molar refractivity (Wildman–Crippen MR) is 94.7 cm³/mol. The zero-order valence-electron chi connectivity index (χ0n) is 14.5. The van der Waals surface area contributed by atoms with Crippen molar-refractivity contribution in [2.75, 3.05) is 13.6 Å². The van der Waals surface area contributed by atoms with Gasteiger partial charge in [0, 0.05) is 0 Å². The average Bonchev–Trinajstić information content (AvgIpc) is 3.06. The van der Waals surface area contributed by atoms with Gasteiger partial charge in [0.05, 0.1) is 25.4 Å². The Labute approximate surface area is 143 Å². The van der Waals surface area contributed by atoms with Crippen molar-refractivity contribution in [1.29, 1.82) is 0 Å². The van der Waals surface area contributed by atoms with Gasteiger partial charge >= 0.3 is 0 Å². The van der Waals surface area contributed by atoms with Gasteiger partial charge in [-0.05, 0) is 68.5 Å². The van der Waals surface area contributed by atoms with Gasteiger partial charge in [-0.25, -0.2) is 0 Å². The first-order valence-electron chi connectivity index (χ1n) is 8.74. The summed E-state index contributed by atoms with van der Waals surface area (Å²) in [7, 11) is 1.92. The second-order valence-corrected chi connectivity index (χ2v) is 6.78. The smallest absolute Gasteiger partial charge is 0.234 e. The molecule has 4 heteroatoms. The maximum absolute atomic E-state index is 12.3. The molecule has 1 N–H and O–H groups in total. The van der Waals surface area contributed by atoms with Crippen LogP contribution in [-0.2, 0) is 24.2 Å². The number of likely N-dealkylation sites (N-methyl/N-ethyl adjacent to an activating group) is 1. The van der Waals surface area contributed by atoms with Gasteiger partial charge in [0.15, 0.2) is 0 Å². The molecule has 0 fully saturated rings. The van der Waals surface area contributed by atoms with Crippen LogP contribution >= 0.6 is 0 Å². The lowest BCUT2D eigenvalue weighted by molar-refractivity contribution is -0.122. The number of nitrogens with zero attached hydrogens (tertiary/aromatic N) is 1. The maximum Gasteiger partial charge on any atom is 0.234 e. The summed E-state index contributed by atoms with van der Waals surface area (Å²) in [6, 6.07) is 10.5. The van der Waals surface area contributed by atoms with E-state index in [4.69, 9.17) is 4.42 Å². The number of fused-ring (bicyclic) bond motifs is 1. The van der Waals surface area contributed by atoms with Crippen molar-refractivity contribution in [3.63, 3.8) is 0 Å². The van der Waals surface area contributed by atoms with Crippen LogP contribution in [-0.4, -0.2) is 24.4 Å². The molecule has 0 saturated heterocycles. The van der Waals surface area contributed by atoms with E-state index in [2.05, 4.69) is 30.4 Å². The fraction of sp³-hybridized carbons (Fsp3) is 0.450. The number of nitrogens with one attached hydrogen (secondary N) is 1. The Morgan fingerprint density at radius 2 is 2.04 bits per heavy atom. The van der Waals surface area contributed by atoms with Crippen LogP contribution in [0, 0.1) is 0 Å². The molecule has 1 aliphatic carbocycles. The Hall–Kier alpha value is -2.07. The van der Waals surface area contributed by atoms with Gasteiger partial charge in [0.25, 0.3) is 0 Å². The molecule has 1 heterocycles. The van der Waals surface area contributed by atoms with Crippen molar-refractivity contribution >= 4 is 5.91 Å². The molecule has 1 amide bonds. The van der Waals surface area contributed by atoms with Gasteiger partial charge in [0.2, 0.25) is 5.91 Å². The van der Waals surface area contributed by atoms with E-state index in [0.29, 0.717) is 13.1 Å². The molecular weight excluding hydrogens is 300 g/mol. The monoisotopic (exact) mass is 326 g/mol. The lowest BCUT2D eigenvalue weighted by Crippen LogP contribution is -2.36. The molecule has 3 rings (SSSR count). The van der Waals surface area contributed by atoms with Crippen LogP contribution in [0.25, 0.3) is 0 Å². The van der Waals surface area contributed by atoms with Crippen LogP contribution in [0.2, 0.25) is 0 Å². The minimum absolute atomic E-state index is 0.0294. The van der Waals surface area contributed by atoms with Crippen LogP contribution in [0.1, 0.15) is 48.3 Å². The minimum atomic E-state index is 0.0294. The third kappa shape index (κ3) is 4.26. The quantitative estimate of drug-likeness (QED) is 0.884. The number of benzene rings is 1. The van der Waals surface area contributed by atoms with Gasteiger partial charge in [-0.2, -0.15) is 0 Å². The van der Waals surface area contributed by atoms with Crippen molar-refractivity contribution < 1.29 is 9.21 Å². The summed E-state index contributed by atoms with van der Waals surface area (Å²) >= 11 is 0. The Bertz CT molecular complexity index is 679. The highest BCUT2D eigenvalue weighted by Crippen LogP contribution is 2.24. The molecule has 0 bridgehead atoms. The molecule has 0 aliphatic heterocycles. The number of aryl methyl sites for hydroxylation is 2. The molecule has 24 heavy (non-hydrogen) atoms. The summed E-state index contributed by atoms with van der Waals surface area (Å²) in [5.41, 5.74) is 4.12. The van der Waals surface area contributed by atoms with Gasteiger partial charge in [-0.3, -0.25) is 9.69 Å². The number of furan rings is 1. The third-order valence-corrected chi connectivity index (χ3v) is 4.67. The summed E-state index contributed by atoms with van der Waals surface area (Å²) in [5.74, 6) is 0.905. The number of hydrogen-bond acceptors (Lipinski definition) is 3. The standard InChI is InChI=1S/C20H26N2O2/c1-15(17-10-9-16-6-3-4-7-18(16)12-17)21-20(23)14-22(2)13-19-8-5-11-24-19/h5,8-12,15H,3-4,6-7,13-14H2,1-2H3,(H,21,23)/t15-/m0/s1. The lowest BCUT2D eigenvalue weighted by atomic mass is 9.89. The minimum Gasteiger partial charge on any atom is -0.468 e. The van der Waals surface area contributed by atoms with E-state index in [1.54, 1.807) is 6.26 Å². The number of amides is 1. The van der Waals surface area contributed by atoms with Crippen molar-refractivity contribution in [3.8, 4) is 0 Å². The molecule has 1 aromatic heterocycles. The summed E-state index contributed by atoms with van der Waals surface area (Å²) in [5, 5.41) is 3.10. The average molecular weight is 326 g/mol. The highest BCUT2D eigenvalue weighted by Gasteiger charge is 2.15. The maximum atomic E-state index is 12.3. The van der Waals surface area contributed by atoms with E-state index in [-0.39, 0.29) is 11.9 Å². The Balaban J connectivity index is 1.54. The van der Waals surface area contributed by atoms with Gasteiger partial charge < -0.3 is 9.73 Å². The fourth-order valence-corrected chi connectivity index (χ4v) is 3.36.